The first-order valence-electron chi connectivity index (χ1n) is 7.26. The number of hydrogen-bond acceptors (Lipinski definition) is 3. The third-order valence-corrected chi connectivity index (χ3v) is 3.99. The molecule has 0 radical (unpaired) electrons. The molecule has 1 aliphatic carbocycles. The number of hydrogen-bond donors (Lipinski definition) is 0. The minimum atomic E-state index is -0.361. The lowest BCUT2D eigenvalue weighted by Crippen LogP contribution is -2.56. The van der Waals surface area contributed by atoms with Gasteiger partial charge in [0.2, 0.25) is 0 Å². The SMILES string of the molecule is C#CCC1CN(C2CC(CC(=O)OC(C)(C)C)C2)C1. The molecule has 2 fully saturated rings. The standard InChI is InChI=1S/C16H25NO2/c1-5-6-12-10-17(11-12)14-7-13(8-14)9-15(18)19-16(2,3)4/h1,12-14H,6-11H2,2-4H3. The molecule has 0 spiro atoms. The number of carbonyl (C=O) groups is 1. The molecule has 2 aliphatic rings. The highest BCUT2D eigenvalue weighted by molar-refractivity contribution is 5.70. The molecule has 1 heterocycles. The monoisotopic (exact) mass is 263 g/mol. The highest BCUT2D eigenvalue weighted by Gasteiger charge is 2.40. The van der Waals surface area contributed by atoms with E-state index in [9.17, 15) is 4.79 Å². The Morgan fingerprint density at radius 3 is 2.47 bits per heavy atom. The maximum atomic E-state index is 11.7. The summed E-state index contributed by atoms with van der Waals surface area (Å²) >= 11 is 0. The van der Waals surface area contributed by atoms with Crippen molar-refractivity contribution in [2.24, 2.45) is 11.8 Å². The molecule has 0 amide bonds. The third kappa shape index (κ3) is 3.98. The number of likely N-dealkylation sites (tertiary alicyclic amines) is 1. The van der Waals surface area contributed by atoms with Crippen LogP contribution in [-0.2, 0) is 9.53 Å². The van der Waals surface area contributed by atoms with E-state index >= 15 is 0 Å². The molecule has 0 aromatic rings. The molecule has 0 bridgehead atoms. The summed E-state index contributed by atoms with van der Waals surface area (Å²) in [6.07, 6.45) is 9.08. The highest BCUT2D eigenvalue weighted by Crippen LogP contribution is 2.38. The van der Waals surface area contributed by atoms with Crippen LogP contribution in [0.2, 0.25) is 0 Å². The van der Waals surface area contributed by atoms with Crippen LogP contribution in [0.3, 0.4) is 0 Å². The van der Waals surface area contributed by atoms with Gasteiger partial charge in [-0.15, -0.1) is 12.3 Å². The minimum absolute atomic E-state index is 0.0511. The van der Waals surface area contributed by atoms with E-state index in [1.54, 1.807) is 0 Å². The Balaban J connectivity index is 1.60. The zero-order valence-corrected chi connectivity index (χ0v) is 12.3. The van der Waals surface area contributed by atoms with Crippen LogP contribution in [0, 0.1) is 24.2 Å². The van der Waals surface area contributed by atoms with Gasteiger partial charge in [0, 0.05) is 32.0 Å². The normalized spacial score (nSPS) is 28.1. The first-order valence-corrected chi connectivity index (χ1v) is 7.26. The molecule has 1 aliphatic heterocycles. The Morgan fingerprint density at radius 1 is 1.32 bits per heavy atom. The van der Waals surface area contributed by atoms with E-state index in [4.69, 9.17) is 11.2 Å². The van der Waals surface area contributed by atoms with Crippen molar-refractivity contribution in [2.45, 2.75) is 58.1 Å². The molecule has 0 N–H and O–H groups in total. The third-order valence-electron chi connectivity index (χ3n) is 3.99. The van der Waals surface area contributed by atoms with Gasteiger partial charge >= 0.3 is 5.97 Å². The van der Waals surface area contributed by atoms with Crippen molar-refractivity contribution in [3.05, 3.63) is 0 Å². The topological polar surface area (TPSA) is 29.5 Å². The molecule has 0 aromatic carbocycles. The van der Waals surface area contributed by atoms with Gasteiger partial charge in [0.25, 0.3) is 0 Å². The summed E-state index contributed by atoms with van der Waals surface area (Å²) in [4.78, 5) is 14.2. The van der Waals surface area contributed by atoms with E-state index in [1.807, 2.05) is 20.8 Å². The largest absolute Gasteiger partial charge is 0.460 e. The summed E-state index contributed by atoms with van der Waals surface area (Å²) in [6.45, 7) is 8.04. The molecule has 106 valence electrons. The Morgan fingerprint density at radius 2 is 1.95 bits per heavy atom. The Hall–Kier alpha value is -1.01. The molecule has 19 heavy (non-hydrogen) atoms. The molecular weight excluding hydrogens is 238 g/mol. The number of carbonyl (C=O) groups excluding carboxylic acids is 1. The maximum absolute atomic E-state index is 11.7. The van der Waals surface area contributed by atoms with Gasteiger partial charge in [-0.2, -0.15) is 0 Å². The average Bonchev–Trinajstić information content (AvgIpc) is 2.14. The van der Waals surface area contributed by atoms with Crippen molar-refractivity contribution in [2.75, 3.05) is 13.1 Å². The summed E-state index contributed by atoms with van der Waals surface area (Å²) in [7, 11) is 0. The summed E-state index contributed by atoms with van der Waals surface area (Å²) in [5.74, 6) is 3.91. The molecule has 2 rings (SSSR count). The average molecular weight is 263 g/mol. The molecule has 0 aromatic heterocycles. The van der Waals surface area contributed by atoms with Crippen LogP contribution >= 0.6 is 0 Å². The van der Waals surface area contributed by atoms with Crippen molar-refractivity contribution < 1.29 is 9.53 Å². The van der Waals surface area contributed by atoms with Crippen molar-refractivity contribution in [1.29, 1.82) is 0 Å². The quantitative estimate of drug-likeness (QED) is 0.576. The molecule has 1 saturated carbocycles. The fourth-order valence-electron chi connectivity index (χ4n) is 2.99. The van der Waals surface area contributed by atoms with Crippen molar-refractivity contribution in [3.63, 3.8) is 0 Å². The fourth-order valence-corrected chi connectivity index (χ4v) is 2.99. The second-order valence-corrected chi connectivity index (χ2v) is 7.01. The van der Waals surface area contributed by atoms with E-state index in [0.717, 1.165) is 32.4 Å². The number of esters is 1. The van der Waals surface area contributed by atoms with Crippen molar-refractivity contribution in [1.82, 2.24) is 4.90 Å². The van der Waals surface area contributed by atoms with E-state index in [2.05, 4.69) is 10.8 Å². The van der Waals surface area contributed by atoms with Crippen LogP contribution in [0.1, 0.15) is 46.5 Å². The zero-order chi connectivity index (χ0) is 14.0. The summed E-state index contributed by atoms with van der Waals surface area (Å²) < 4.78 is 5.35. The van der Waals surface area contributed by atoms with E-state index < -0.39 is 0 Å². The molecule has 0 atom stereocenters. The van der Waals surface area contributed by atoms with Gasteiger partial charge in [-0.05, 0) is 45.4 Å². The lowest BCUT2D eigenvalue weighted by Gasteiger charge is -2.50. The Kier molecular flexibility index (Phi) is 4.20. The molecule has 0 unspecified atom stereocenters. The van der Waals surface area contributed by atoms with Crippen molar-refractivity contribution in [3.8, 4) is 12.3 Å². The van der Waals surface area contributed by atoms with Crippen molar-refractivity contribution >= 4 is 5.97 Å². The Labute approximate surface area is 116 Å². The van der Waals surface area contributed by atoms with Gasteiger partial charge in [-0.25, -0.2) is 0 Å². The van der Waals surface area contributed by atoms with E-state index in [1.165, 1.54) is 0 Å². The minimum Gasteiger partial charge on any atom is -0.460 e. The number of rotatable bonds is 4. The maximum Gasteiger partial charge on any atom is 0.306 e. The van der Waals surface area contributed by atoms with Crippen LogP contribution < -0.4 is 0 Å². The fraction of sp³-hybridized carbons (Fsp3) is 0.812. The van der Waals surface area contributed by atoms with E-state index in [0.29, 0.717) is 24.3 Å². The lowest BCUT2D eigenvalue weighted by molar-refractivity contribution is -0.157. The number of terminal acetylenes is 1. The second kappa shape index (κ2) is 5.54. The van der Waals surface area contributed by atoms with Crippen LogP contribution in [0.5, 0.6) is 0 Å². The van der Waals surface area contributed by atoms with Gasteiger partial charge in [-0.1, -0.05) is 0 Å². The Bertz CT molecular complexity index is 365. The van der Waals surface area contributed by atoms with Gasteiger partial charge < -0.3 is 4.74 Å². The van der Waals surface area contributed by atoms with Gasteiger partial charge in [0.05, 0.1) is 0 Å². The molecule has 1 saturated heterocycles. The van der Waals surface area contributed by atoms with Gasteiger partial charge in [0.15, 0.2) is 0 Å². The molecular formula is C16H25NO2. The predicted molar refractivity (Wildman–Crippen MR) is 75.5 cm³/mol. The van der Waals surface area contributed by atoms with Crippen LogP contribution in [-0.4, -0.2) is 35.6 Å². The summed E-state index contributed by atoms with van der Waals surface area (Å²) in [5, 5.41) is 0. The first kappa shape index (κ1) is 14.4. The molecule has 3 heteroatoms. The zero-order valence-electron chi connectivity index (χ0n) is 12.3. The second-order valence-electron chi connectivity index (χ2n) is 7.01. The van der Waals surface area contributed by atoms with Gasteiger partial charge in [-0.3, -0.25) is 9.69 Å². The number of ether oxygens (including phenoxy) is 1. The lowest BCUT2D eigenvalue weighted by atomic mass is 9.75. The number of nitrogens with zero attached hydrogens (tertiary/aromatic N) is 1. The van der Waals surface area contributed by atoms with E-state index in [-0.39, 0.29) is 11.6 Å². The first-order chi connectivity index (χ1) is 8.87. The van der Waals surface area contributed by atoms with Crippen LogP contribution in [0.4, 0.5) is 0 Å². The summed E-state index contributed by atoms with van der Waals surface area (Å²) in [5.41, 5.74) is -0.361. The highest BCUT2D eigenvalue weighted by atomic mass is 16.6. The molecule has 3 nitrogen and oxygen atoms in total. The summed E-state index contributed by atoms with van der Waals surface area (Å²) in [6, 6.07) is 0.682. The smallest absolute Gasteiger partial charge is 0.306 e. The predicted octanol–water partition coefficient (Wildman–Crippen LogP) is 2.45. The van der Waals surface area contributed by atoms with Crippen LogP contribution in [0.25, 0.3) is 0 Å². The van der Waals surface area contributed by atoms with Crippen LogP contribution in [0.15, 0.2) is 0 Å². The van der Waals surface area contributed by atoms with Gasteiger partial charge in [0.1, 0.15) is 5.60 Å².